The second-order valence-corrected chi connectivity index (χ2v) is 3.71. The standard InChI is InChI=1S/C12H27NO6/c1-13-12(14)11-19-10-9-18-8-7-17-6-5-16-4-3-15-2/h12-14H,3-11H2,1-2H3. The van der Waals surface area contributed by atoms with Crippen molar-refractivity contribution in [3.05, 3.63) is 0 Å². The summed E-state index contributed by atoms with van der Waals surface area (Å²) in [6.07, 6.45) is -0.624. The molecule has 0 radical (unpaired) electrons. The Kier molecular flexibility index (Phi) is 15.5. The Bertz CT molecular complexity index is 172. The quantitative estimate of drug-likeness (QED) is 0.302. The zero-order valence-electron chi connectivity index (χ0n) is 11.9. The number of hydrogen-bond acceptors (Lipinski definition) is 7. The van der Waals surface area contributed by atoms with Crippen LogP contribution in [0.25, 0.3) is 0 Å². The molecular formula is C12H27NO6. The maximum absolute atomic E-state index is 9.12. The number of ether oxygens (including phenoxy) is 5. The van der Waals surface area contributed by atoms with Gasteiger partial charge in [0, 0.05) is 7.11 Å². The molecule has 0 aliphatic carbocycles. The molecule has 0 spiro atoms. The molecule has 0 amide bonds. The highest BCUT2D eigenvalue weighted by Crippen LogP contribution is 1.84. The van der Waals surface area contributed by atoms with Gasteiger partial charge in [-0.3, -0.25) is 5.32 Å². The molecule has 0 aromatic rings. The molecule has 0 aromatic heterocycles. The molecule has 0 saturated carbocycles. The van der Waals surface area contributed by atoms with E-state index in [9.17, 15) is 0 Å². The smallest absolute Gasteiger partial charge is 0.128 e. The Hall–Kier alpha value is -0.280. The van der Waals surface area contributed by atoms with Crippen molar-refractivity contribution in [3.63, 3.8) is 0 Å². The molecule has 0 aliphatic rings. The van der Waals surface area contributed by atoms with E-state index in [-0.39, 0.29) is 6.61 Å². The number of aliphatic hydroxyl groups excluding tert-OH is 1. The summed E-state index contributed by atoms with van der Waals surface area (Å²) in [6.45, 7) is 4.57. The van der Waals surface area contributed by atoms with Crippen LogP contribution in [0.5, 0.6) is 0 Å². The van der Waals surface area contributed by atoms with E-state index in [4.69, 9.17) is 28.8 Å². The second-order valence-electron chi connectivity index (χ2n) is 3.71. The van der Waals surface area contributed by atoms with Crippen molar-refractivity contribution in [2.45, 2.75) is 6.23 Å². The normalized spacial score (nSPS) is 12.8. The number of hydrogen-bond donors (Lipinski definition) is 2. The molecule has 0 fully saturated rings. The lowest BCUT2D eigenvalue weighted by Crippen LogP contribution is -2.30. The molecule has 0 rings (SSSR count). The van der Waals surface area contributed by atoms with Crippen molar-refractivity contribution in [2.75, 3.05) is 73.6 Å². The Morgan fingerprint density at radius 1 is 0.789 bits per heavy atom. The summed E-state index contributed by atoms with van der Waals surface area (Å²) in [5, 5.41) is 11.8. The van der Waals surface area contributed by atoms with Gasteiger partial charge in [-0.25, -0.2) is 0 Å². The van der Waals surface area contributed by atoms with Gasteiger partial charge in [0.15, 0.2) is 0 Å². The van der Waals surface area contributed by atoms with Gasteiger partial charge < -0.3 is 28.8 Å². The maximum atomic E-state index is 9.12. The van der Waals surface area contributed by atoms with Crippen LogP contribution in [0, 0.1) is 0 Å². The Morgan fingerprint density at radius 2 is 1.21 bits per heavy atom. The predicted molar refractivity (Wildman–Crippen MR) is 70.2 cm³/mol. The molecule has 2 N–H and O–H groups in total. The second kappa shape index (κ2) is 15.8. The Morgan fingerprint density at radius 3 is 1.63 bits per heavy atom. The first-order chi connectivity index (χ1) is 9.31. The first-order valence-corrected chi connectivity index (χ1v) is 6.46. The van der Waals surface area contributed by atoms with E-state index in [0.29, 0.717) is 52.9 Å². The van der Waals surface area contributed by atoms with E-state index in [1.54, 1.807) is 14.2 Å². The minimum absolute atomic E-state index is 0.259. The monoisotopic (exact) mass is 281 g/mol. The first kappa shape index (κ1) is 18.7. The Balaban J connectivity index is 2.95. The molecule has 0 aliphatic heterocycles. The van der Waals surface area contributed by atoms with Crippen LogP contribution in [0.2, 0.25) is 0 Å². The van der Waals surface area contributed by atoms with Crippen LogP contribution in [0.1, 0.15) is 0 Å². The maximum Gasteiger partial charge on any atom is 0.128 e. The van der Waals surface area contributed by atoms with Crippen molar-refractivity contribution in [3.8, 4) is 0 Å². The molecule has 0 aromatic carbocycles. The van der Waals surface area contributed by atoms with Crippen LogP contribution in [-0.2, 0) is 23.7 Å². The van der Waals surface area contributed by atoms with Gasteiger partial charge in [-0.2, -0.15) is 0 Å². The average molecular weight is 281 g/mol. The van der Waals surface area contributed by atoms with Crippen molar-refractivity contribution in [1.29, 1.82) is 0 Å². The lowest BCUT2D eigenvalue weighted by molar-refractivity contribution is -0.0231. The molecule has 7 heteroatoms. The SMILES string of the molecule is CNC(O)COCCOCCOCCOCCOC. The van der Waals surface area contributed by atoms with Gasteiger partial charge in [0.1, 0.15) is 6.23 Å². The summed E-state index contributed by atoms with van der Waals surface area (Å²) in [5.41, 5.74) is 0. The number of likely N-dealkylation sites (N-methyl/N-ethyl adjacent to an activating group) is 1. The average Bonchev–Trinajstić information content (AvgIpc) is 2.43. The van der Waals surface area contributed by atoms with Gasteiger partial charge in [-0.05, 0) is 7.05 Å². The van der Waals surface area contributed by atoms with Crippen LogP contribution in [0.4, 0.5) is 0 Å². The van der Waals surface area contributed by atoms with Crippen molar-refractivity contribution >= 4 is 0 Å². The van der Waals surface area contributed by atoms with E-state index in [2.05, 4.69) is 5.32 Å². The summed E-state index contributed by atoms with van der Waals surface area (Å²) in [5.74, 6) is 0. The van der Waals surface area contributed by atoms with E-state index in [1.807, 2.05) is 0 Å². The fourth-order valence-electron chi connectivity index (χ4n) is 1.08. The number of nitrogens with one attached hydrogen (secondary N) is 1. The molecule has 0 heterocycles. The highest BCUT2D eigenvalue weighted by Gasteiger charge is 1.98. The molecule has 1 atom stereocenters. The van der Waals surface area contributed by atoms with Crippen molar-refractivity contribution in [1.82, 2.24) is 5.32 Å². The van der Waals surface area contributed by atoms with Gasteiger partial charge in [-0.15, -0.1) is 0 Å². The number of aliphatic hydroxyl groups is 1. The summed E-state index contributed by atoms with van der Waals surface area (Å²) in [4.78, 5) is 0. The molecule has 116 valence electrons. The van der Waals surface area contributed by atoms with E-state index in [1.165, 1.54) is 0 Å². The minimum atomic E-state index is -0.624. The highest BCUT2D eigenvalue weighted by atomic mass is 16.6. The van der Waals surface area contributed by atoms with Crippen LogP contribution in [0.15, 0.2) is 0 Å². The summed E-state index contributed by atoms with van der Waals surface area (Å²) < 4.78 is 25.8. The molecule has 1 unspecified atom stereocenters. The zero-order chi connectivity index (χ0) is 14.2. The summed E-state index contributed by atoms with van der Waals surface area (Å²) in [6, 6.07) is 0. The topological polar surface area (TPSA) is 78.4 Å². The first-order valence-electron chi connectivity index (χ1n) is 6.46. The van der Waals surface area contributed by atoms with Gasteiger partial charge in [0.25, 0.3) is 0 Å². The fraction of sp³-hybridized carbons (Fsp3) is 1.00. The summed E-state index contributed by atoms with van der Waals surface area (Å²) in [7, 11) is 3.31. The third-order valence-corrected chi connectivity index (χ3v) is 2.16. The molecular weight excluding hydrogens is 254 g/mol. The number of rotatable bonds is 15. The third-order valence-electron chi connectivity index (χ3n) is 2.16. The van der Waals surface area contributed by atoms with Crippen LogP contribution in [-0.4, -0.2) is 85.0 Å². The van der Waals surface area contributed by atoms with E-state index in [0.717, 1.165) is 0 Å². The third kappa shape index (κ3) is 15.7. The van der Waals surface area contributed by atoms with E-state index < -0.39 is 6.23 Å². The zero-order valence-corrected chi connectivity index (χ0v) is 11.9. The van der Waals surface area contributed by atoms with Crippen LogP contribution < -0.4 is 5.32 Å². The van der Waals surface area contributed by atoms with Crippen LogP contribution >= 0.6 is 0 Å². The molecule has 0 bridgehead atoms. The van der Waals surface area contributed by atoms with Gasteiger partial charge in [-0.1, -0.05) is 0 Å². The van der Waals surface area contributed by atoms with E-state index >= 15 is 0 Å². The largest absolute Gasteiger partial charge is 0.382 e. The lowest BCUT2D eigenvalue weighted by Gasteiger charge is -2.10. The Labute approximate surface area is 115 Å². The van der Waals surface area contributed by atoms with Crippen molar-refractivity contribution in [2.24, 2.45) is 0 Å². The fourth-order valence-corrected chi connectivity index (χ4v) is 1.08. The predicted octanol–water partition coefficient (Wildman–Crippen LogP) is -0.763. The van der Waals surface area contributed by atoms with Crippen molar-refractivity contribution < 1.29 is 28.8 Å². The molecule has 7 nitrogen and oxygen atoms in total. The lowest BCUT2D eigenvalue weighted by atomic mass is 10.6. The molecule has 0 saturated heterocycles. The van der Waals surface area contributed by atoms with Gasteiger partial charge in [0.2, 0.25) is 0 Å². The number of methoxy groups -OCH3 is 1. The van der Waals surface area contributed by atoms with Gasteiger partial charge >= 0.3 is 0 Å². The highest BCUT2D eigenvalue weighted by molar-refractivity contribution is 4.44. The van der Waals surface area contributed by atoms with Gasteiger partial charge in [0.05, 0.1) is 59.5 Å². The molecule has 19 heavy (non-hydrogen) atoms. The van der Waals surface area contributed by atoms with Crippen LogP contribution in [0.3, 0.4) is 0 Å². The summed E-state index contributed by atoms with van der Waals surface area (Å²) >= 11 is 0. The minimum Gasteiger partial charge on any atom is -0.382 e.